The molecule has 4 heterocycles. The molecule has 1 aliphatic rings. The standard InChI is InChI=1S/C21H19F3N4OS/c1-12-27-18(11-30-12)20-14(7-13-3-6-19(29-2)26-9-13)4-5-16-17(28-20)8-15(10-25-16)21(22,23)24/h3,6,8-11,14H,4-5,7H2,1-2H3. The Bertz CT molecular complexity index is 1080. The highest BCUT2D eigenvalue weighted by Gasteiger charge is 2.33. The van der Waals surface area contributed by atoms with Crippen LogP contribution in [0, 0.1) is 12.8 Å². The maximum atomic E-state index is 13.2. The van der Waals surface area contributed by atoms with Gasteiger partial charge in [-0.15, -0.1) is 11.3 Å². The van der Waals surface area contributed by atoms with Crippen molar-refractivity contribution < 1.29 is 17.9 Å². The van der Waals surface area contributed by atoms with Gasteiger partial charge in [0, 0.05) is 29.8 Å². The van der Waals surface area contributed by atoms with Gasteiger partial charge in [0.1, 0.15) is 0 Å². The van der Waals surface area contributed by atoms with E-state index in [1.165, 1.54) is 11.3 Å². The minimum atomic E-state index is -4.46. The van der Waals surface area contributed by atoms with Crippen LogP contribution in [-0.4, -0.2) is 27.8 Å². The Kier molecular flexibility index (Phi) is 5.55. The Morgan fingerprint density at radius 2 is 2.03 bits per heavy atom. The average Bonchev–Trinajstić information content (AvgIpc) is 3.07. The van der Waals surface area contributed by atoms with Gasteiger partial charge in [-0.25, -0.2) is 15.0 Å². The van der Waals surface area contributed by atoms with Crippen molar-refractivity contribution >= 4 is 22.7 Å². The molecule has 0 fully saturated rings. The molecule has 3 aromatic heterocycles. The van der Waals surface area contributed by atoms with Crippen LogP contribution in [0.3, 0.4) is 0 Å². The summed E-state index contributed by atoms with van der Waals surface area (Å²) in [5, 5.41) is 2.78. The molecule has 5 nitrogen and oxygen atoms in total. The first kappa shape index (κ1) is 20.5. The Morgan fingerprint density at radius 3 is 2.67 bits per heavy atom. The first-order chi connectivity index (χ1) is 14.3. The van der Waals surface area contributed by atoms with Gasteiger partial charge >= 0.3 is 6.18 Å². The average molecular weight is 432 g/mol. The van der Waals surface area contributed by atoms with E-state index in [-0.39, 0.29) is 11.6 Å². The van der Waals surface area contributed by atoms with Crippen molar-refractivity contribution in [2.75, 3.05) is 7.11 Å². The number of nitrogens with zero attached hydrogens (tertiary/aromatic N) is 4. The number of halogens is 3. The Hall–Kier alpha value is -2.81. The zero-order valence-corrected chi connectivity index (χ0v) is 17.2. The topological polar surface area (TPSA) is 60.3 Å². The molecule has 4 rings (SSSR count). The number of fused-ring (bicyclic) bond motifs is 1. The molecule has 0 saturated carbocycles. The number of aromatic nitrogens is 3. The normalized spacial score (nSPS) is 16.6. The molecule has 30 heavy (non-hydrogen) atoms. The largest absolute Gasteiger partial charge is 0.481 e. The molecule has 1 unspecified atom stereocenters. The first-order valence-corrected chi connectivity index (χ1v) is 10.3. The number of aryl methyl sites for hydroxylation is 2. The number of alkyl halides is 3. The number of rotatable bonds is 4. The van der Waals surface area contributed by atoms with E-state index in [0.717, 1.165) is 22.8 Å². The molecule has 0 aromatic carbocycles. The fourth-order valence-electron chi connectivity index (χ4n) is 3.48. The van der Waals surface area contributed by atoms with Gasteiger partial charge in [0.05, 0.1) is 40.5 Å². The summed E-state index contributed by atoms with van der Waals surface area (Å²) in [5.41, 5.74) is 2.43. The third-order valence-electron chi connectivity index (χ3n) is 5.00. The monoisotopic (exact) mass is 432 g/mol. The number of thiazole rings is 1. The quantitative estimate of drug-likeness (QED) is 0.569. The molecule has 0 saturated heterocycles. The van der Waals surface area contributed by atoms with E-state index < -0.39 is 11.7 Å². The number of methoxy groups -OCH3 is 1. The van der Waals surface area contributed by atoms with E-state index in [1.807, 2.05) is 18.4 Å². The minimum absolute atomic E-state index is 0.0229. The number of aliphatic imine (C=N–C) groups is 1. The maximum Gasteiger partial charge on any atom is 0.417 e. The van der Waals surface area contributed by atoms with Crippen LogP contribution in [-0.2, 0) is 19.0 Å². The fraction of sp³-hybridized carbons (Fsp3) is 0.333. The molecular weight excluding hydrogens is 413 g/mol. The predicted octanol–water partition coefficient (Wildman–Crippen LogP) is 5.19. The van der Waals surface area contributed by atoms with Crippen molar-refractivity contribution in [2.45, 2.75) is 32.4 Å². The SMILES string of the molecule is COc1ccc(CC2CCc3ncc(C(F)(F)F)cc3N=C2c2csc(C)n2)cn1. The summed E-state index contributed by atoms with van der Waals surface area (Å²) in [6.07, 6.45) is 0.0576. The van der Waals surface area contributed by atoms with Crippen molar-refractivity contribution in [3.63, 3.8) is 0 Å². The molecule has 0 aliphatic carbocycles. The van der Waals surface area contributed by atoms with Crippen LogP contribution in [0.2, 0.25) is 0 Å². The van der Waals surface area contributed by atoms with Crippen molar-refractivity contribution in [1.29, 1.82) is 0 Å². The number of pyridine rings is 2. The lowest BCUT2D eigenvalue weighted by atomic mass is 9.89. The second-order valence-corrected chi connectivity index (χ2v) is 8.15. The van der Waals surface area contributed by atoms with E-state index in [0.29, 0.717) is 42.2 Å². The van der Waals surface area contributed by atoms with Crippen LogP contribution in [0.15, 0.2) is 41.0 Å². The highest BCUT2D eigenvalue weighted by Crippen LogP contribution is 2.36. The maximum absolute atomic E-state index is 13.2. The Labute approximate surface area is 175 Å². The predicted molar refractivity (Wildman–Crippen MR) is 109 cm³/mol. The van der Waals surface area contributed by atoms with Crippen LogP contribution in [0.5, 0.6) is 5.88 Å². The van der Waals surface area contributed by atoms with Gasteiger partial charge in [0.25, 0.3) is 0 Å². The molecular formula is C21H19F3N4OS. The van der Waals surface area contributed by atoms with Gasteiger partial charge in [0.15, 0.2) is 0 Å². The summed E-state index contributed by atoms with van der Waals surface area (Å²) in [4.78, 5) is 17.5. The van der Waals surface area contributed by atoms with E-state index in [2.05, 4.69) is 19.9 Å². The van der Waals surface area contributed by atoms with Crippen molar-refractivity contribution in [2.24, 2.45) is 10.9 Å². The molecule has 0 amide bonds. The van der Waals surface area contributed by atoms with Crippen LogP contribution in [0.4, 0.5) is 18.9 Å². The van der Waals surface area contributed by atoms with Gasteiger partial charge in [0.2, 0.25) is 5.88 Å². The molecule has 9 heteroatoms. The van der Waals surface area contributed by atoms with Gasteiger partial charge in [-0.1, -0.05) is 6.07 Å². The van der Waals surface area contributed by atoms with Gasteiger partial charge < -0.3 is 4.74 Å². The minimum Gasteiger partial charge on any atom is -0.481 e. The van der Waals surface area contributed by atoms with Gasteiger partial charge in [-0.3, -0.25) is 4.98 Å². The molecule has 156 valence electrons. The molecule has 0 N–H and O–H groups in total. The highest BCUT2D eigenvalue weighted by atomic mass is 32.1. The van der Waals surface area contributed by atoms with E-state index >= 15 is 0 Å². The highest BCUT2D eigenvalue weighted by molar-refractivity contribution is 7.09. The van der Waals surface area contributed by atoms with Crippen molar-refractivity contribution in [1.82, 2.24) is 15.0 Å². The number of ether oxygens (including phenoxy) is 1. The molecule has 0 radical (unpaired) electrons. The molecule has 1 aliphatic heterocycles. The Morgan fingerprint density at radius 1 is 1.20 bits per heavy atom. The molecule has 0 bridgehead atoms. The molecule has 3 aromatic rings. The summed E-state index contributed by atoms with van der Waals surface area (Å²) in [7, 11) is 1.56. The van der Waals surface area contributed by atoms with Crippen LogP contribution < -0.4 is 4.74 Å². The van der Waals surface area contributed by atoms with Crippen LogP contribution in [0.1, 0.15) is 33.9 Å². The zero-order valence-electron chi connectivity index (χ0n) is 16.4. The lowest BCUT2D eigenvalue weighted by Gasteiger charge is -2.16. The van der Waals surface area contributed by atoms with Crippen molar-refractivity contribution in [3.05, 3.63) is 63.5 Å². The van der Waals surface area contributed by atoms with Crippen LogP contribution in [0.25, 0.3) is 0 Å². The lowest BCUT2D eigenvalue weighted by Crippen LogP contribution is -2.19. The van der Waals surface area contributed by atoms with E-state index in [1.54, 1.807) is 19.4 Å². The van der Waals surface area contributed by atoms with Crippen molar-refractivity contribution in [3.8, 4) is 5.88 Å². The zero-order chi connectivity index (χ0) is 21.3. The molecule has 1 atom stereocenters. The second kappa shape index (κ2) is 8.14. The lowest BCUT2D eigenvalue weighted by molar-refractivity contribution is -0.137. The number of hydrogen-bond acceptors (Lipinski definition) is 6. The summed E-state index contributed by atoms with van der Waals surface area (Å²) < 4.78 is 44.7. The summed E-state index contributed by atoms with van der Waals surface area (Å²) >= 11 is 1.49. The van der Waals surface area contributed by atoms with Gasteiger partial charge in [-0.05, 0) is 37.8 Å². The third kappa shape index (κ3) is 4.35. The molecule has 0 spiro atoms. The smallest absolute Gasteiger partial charge is 0.417 e. The number of hydrogen-bond donors (Lipinski definition) is 0. The van der Waals surface area contributed by atoms with Crippen LogP contribution >= 0.6 is 11.3 Å². The van der Waals surface area contributed by atoms with E-state index in [9.17, 15) is 13.2 Å². The summed E-state index contributed by atoms with van der Waals surface area (Å²) in [6.45, 7) is 1.89. The third-order valence-corrected chi connectivity index (χ3v) is 5.78. The Balaban J connectivity index is 1.74. The van der Waals surface area contributed by atoms with E-state index in [4.69, 9.17) is 4.74 Å². The summed E-state index contributed by atoms with van der Waals surface area (Å²) in [5.74, 6) is 0.505. The van der Waals surface area contributed by atoms with Gasteiger partial charge in [-0.2, -0.15) is 13.2 Å². The fourth-order valence-corrected chi connectivity index (χ4v) is 4.08. The first-order valence-electron chi connectivity index (χ1n) is 9.39. The second-order valence-electron chi connectivity index (χ2n) is 7.08. The summed E-state index contributed by atoms with van der Waals surface area (Å²) in [6, 6.07) is 4.81.